The van der Waals surface area contributed by atoms with Gasteiger partial charge in [-0.25, -0.2) is 4.98 Å². The third kappa shape index (κ3) is 2.64. The summed E-state index contributed by atoms with van der Waals surface area (Å²) in [5.41, 5.74) is 2.70. The van der Waals surface area contributed by atoms with E-state index in [1.54, 1.807) is 29.2 Å². The van der Waals surface area contributed by atoms with Crippen LogP contribution in [0.25, 0.3) is 21.9 Å². The zero-order chi connectivity index (χ0) is 20.1. The molecule has 0 saturated carbocycles. The number of aromatic nitrogens is 4. The third-order valence-electron chi connectivity index (χ3n) is 5.21. The highest BCUT2D eigenvalue weighted by molar-refractivity contribution is 7.71. The van der Waals surface area contributed by atoms with E-state index in [0.717, 1.165) is 11.0 Å². The Balaban J connectivity index is 1.58. The van der Waals surface area contributed by atoms with Gasteiger partial charge in [-0.2, -0.15) is 0 Å². The van der Waals surface area contributed by atoms with Gasteiger partial charge in [0.15, 0.2) is 4.77 Å². The van der Waals surface area contributed by atoms with Crippen LogP contribution in [0.3, 0.4) is 0 Å². The minimum Gasteiger partial charge on any atom is -0.332 e. The van der Waals surface area contributed by atoms with Crippen LogP contribution in [0.15, 0.2) is 59.9 Å². The van der Waals surface area contributed by atoms with E-state index in [2.05, 4.69) is 21.1 Å². The fourth-order valence-corrected chi connectivity index (χ4v) is 4.09. The number of allylic oxidation sites excluding steroid dienone is 1. The molecule has 0 atom stereocenters. The van der Waals surface area contributed by atoms with Crippen LogP contribution in [0.5, 0.6) is 0 Å². The predicted molar refractivity (Wildman–Crippen MR) is 115 cm³/mol. The monoisotopic (exact) mass is 403 g/mol. The summed E-state index contributed by atoms with van der Waals surface area (Å²) in [5.74, 6) is 0.487. The van der Waals surface area contributed by atoms with Crippen molar-refractivity contribution in [2.24, 2.45) is 0 Å². The Kier molecular flexibility index (Phi) is 3.95. The first-order valence-corrected chi connectivity index (χ1v) is 9.64. The van der Waals surface area contributed by atoms with Gasteiger partial charge in [0.05, 0.1) is 21.9 Å². The molecule has 2 aromatic heterocycles. The van der Waals surface area contributed by atoms with E-state index in [9.17, 15) is 9.59 Å². The molecule has 0 unspecified atom stereocenters. The number of anilines is 1. The molecule has 5 rings (SSSR count). The Morgan fingerprint density at radius 2 is 2.07 bits per heavy atom. The first kappa shape index (κ1) is 17.6. The molecule has 7 nitrogen and oxygen atoms in total. The van der Waals surface area contributed by atoms with Gasteiger partial charge in [-0.05, 0) is 42.5 Å². The number of carbonyl (C=O) groups excluding carboxylic acids is 1. The smallest absolute Gasteiger partial charge is 0.262 e. The highest BCUT2D eigenvalue weighted by Gasteiger charge is 2.29. The van der Waals surface area contributed by atoms with Crippen LogP contribution in [0.1, 0.15) is 10.4 Å². The molecular weight excluding hydrogens is 386 g/mol. The van der Waals surface area contributed by atoms with Crippen molar-refractivity contribution in [1.82, 2.24) is 19.1 Å². The number of amides is 1. The molecule has 0 aliphatic carbocycles. The molecule has 8 heteroatoms. The molecule has 0 bridgehead atoms. The van der Waals surface area contributed by atoms with Crippen molar-refractivity contribution in [2.75, 3.05) is 11.4 Å². The number of imidazole rings is 1. The maximum absolute atomic E-state index is 13.2. The lowest BCUT2D eigenvalue weighted by Crippen LogP contribution is -2.29. The topological polar surface area (TPSA) is 75.9 Å². The van der Waals surface area contributed by atoms with Gasteiger partial charge in [0, 0.05) is 25.2 Å². The largest absolute Gasteiger partial charge is 0.332 e. The molecular formula is C21H17N5O2S. The number of para-hydroxylation sites is 2. The van der Waals surface area contributed by atoms with Gasteiger partial charge < -0.3 is 9.55 Å². The number of H-pyrrole nitrogens is 1. The van der Waals surface area contributed by atoms with Gasteiger partial charge in [-0.1, -0.05) is 18.2 Å². The molecule has 29 heavy (non-hydrogen) atoms. The van der Waals surface area contributed by atoms with Crippen LogP contribution >= 0.6 is 12.2 Å². The Bertz CT molecular complexity index is 1430. The zero-order valence-corrected chi connectivity index (χ0v) is 16.3. The average molecular weight is 403 g/mol. The normalized spacial score (nSPS) is 13.2. The fraction of sp³-hybridized carbons (Fsp3) is 0.143. The van der Waals surface area contributed by atoms with Crippen LogP contribution in [0.4, 0.5) is 5.95 Å². The van der Waals surface area contributed by atoms with E-state index in [0.29, 0.717) is 46.8 Å². The van der Waals surface area contributed by atoms with E-state index in [1.807, 2.05) is 24.3 Å². The Hall–Kier alpha value is -3.52. The van der Waals surface area contributed by atoms with Crippen LogP contribution in [0.2, 0.25) is 0 Å². The first-order valence-electron chi connectivity index (χ1n) is 9.23. The Morgan fingerprint density at radius 3 is 2.90 bits per heavy atom. The second-order valence-corrected chi connectivity index (χ2v) is 7.29. The van der Waals surface area contributed by atoms with Crippen molar-refractivity contribution in [1.29, 1.82) is 0 Å². The molecule has 3 heterocycles. The average Bonchev–Trinajstić information content (AvgIpc) is 3.29. The number of carbonyl (C=O) groups is 1. The second kappa shape index (κ2) is 6.52. The van der Waals surface area contributed by atoms with E-state index < -0.39 is 0 Å². The SMILES string of the molecule is C=CCn1c(=S)[nH]c2cc(C(=O)N3CCn4c3nc3ccccc34)ccc2c1=O. The summed E-state index contributed by atoms with van der Waals surface area (Å²) in [6, 6.07) is 12.9. The molecule has 1 aliphatic rings. The van der Waals surface area contributed by atoms with Gasteiger partial charge in [-0.3, -0.25) is 19.1 Å². The molecule has 2 aromatic carbocycles. The quantitative estimate of drug-likeness (QED) is 0.421. The highest BCUT2D eigenvalue weighted by Crippen LogP contribution is 2.28. The van der Waals surface area contributed by atoms with Crippen molar-refractivity contribution in [3.63, 3.8) is 0 Å². The van der Waals surface area contributed by atoms with E-state index in [-0.39, 0.29) is 11.5 Å². The van der Waals surface area contributed by atoms with Crippen molar-refractivity contribution in [2.45, 2.75) is 13.1 Å². The maximum atomic E-state index is 13.2. The van der Waals surface area contributed by atoms with Gasteiger partial charge in [0.25, 0.3) is 11.5 Å². The van der Waals surface area contributed by atoms with E-state index >= 15 is 0 Å². The highest BCUT2D eigenvalue weighted by atomic mass is 32.1. The maximum Gasteiger partial charge on any atom is 0.262 e. The molecule has 1 N–H and O–H groups in total. The molecule has 1 amide bonds. The summed E-state index contributed by atoms with van der Waals surface area (Å²) >= 11 is 5.29. The van der Waals surface area contributed by atoms with Crippen LogP contribution in [0, 0.1) is 4.77 Å². The van der Waals surface area contributed by atoms with Gasteiger partial charge >= 0.3 is 0 Å². The number of rotatable bonds is 3. The van der Waals surface area contributed by atoms with Crippen LogP contribution in [-0.4, -0.2) is 31.6 Å². The minimum absolute atomic E-state index is 0.157. The summed E-state index contributed by atoms with van der Waals surface area (Å²) in [4.78, 5) is 35.2. The van der Waals surface area contributed by atoms with Gasteiger partial charge in [0.1, 0.15) is 0 Å². The number of hydrogen-bond acceptors (Lipinski definition) is 4. The van der Waals surface area contributed by atoms with Crippen LogP contribution in [-0.2, 0) is 13.1 Å². The molecule has 1 aliphatic heterocycles. The second-order valence-electron chi connectivity index (χ2n) is 6.90. The lowest BCUT2D eigenvalue weighted by atomic mass is 10.1. The van der Waals surface area contributed by atoms with Crippen molar-refractivity contribution >= 4 is 46.0 Å². The Labute approximate surface area is 170 Å². The molecule has 0 fully saturated rings. The van der Waals surface area contributed by atoms with Crippen molar-refractivity contribution < 1.29 is 4.79 Å². The number of nitrogens with zero attached hydrogens (tertiary/aromatic N) is 4. The molecule has 144 valence electrons. The van der Waals surface area contributed by atoms with E-state index in [4.69, 9.17) is 12.2 Å². The molecule has 0 saturated heterocycles. The standard InChI is InChI=1S/C21H17N5O2S/c1-2-9-26-19(28)14-8-7-13(12-16(14)23-21(26)29)18(27)25-11-10-24-17-6-4-3-5-15(17)22-20(24)25/h2-8,12H,1,9-11H2,(H,23,29). The van der Waals surface area contributed by atoms with Crippen molar-refractivity contribution in [3.05, 3.63) is 75.8 Å². The lowest BCUT2D eigenvalue weighted by molar-refractivity contribution is 0.0989. The summed E-state index contributed by atoms with van der Waals surface area (Å²) in [7, 11) is 0. The number of aromatic amines is 1. The summed E-state index contributed by atoms with van der Waals surface area (Å²) in [6.45, 7) is 5.24. The molecule has 0 spiro atoms. The third-order valence-corrected chi connectivity index (χ3v) is 5.53. The summed E-state index contributed by atoms with van der Waals surface area (Å²) < 4.78 is 3.79. The predicted octanol–water partition coefficient (Wildman–Crippen LogP) is 3.26. The zero-order valence-electron chi connectivity index (χ0n) is 15.5. The van der Waals surface area contributed by atoms with Crippen LogP contribution < -0.4 is 10.5 Å². The number of fused-ring (bicyclic) bond motifs is 4. The lowest BCUT2D eigenvalue weighted by Gasteiger charge is -2.14. The minimum atomic E-state index is -0.203. The Morgan fingerprint density at radius 1 is 1.24 bits per heavy atom. The van der Waals surface area contributed by atoms with Gasteiger partial charge in [-0.15, -0.1) is 6.58 Å². The number of nitrogens with one attached hydrogen (secondary N) is 1. The number of hydrogen-bond donors (Lipinski definition) is 1. The fourth-order valence-electron chi connectivity index (χ4n) is 3.82. The molecule has 0 radical (unpaired) electrons. The molecule has 4 aromatic rings. The number of benzene rings is 2. The van der Waals surface area contributed by atoms with E-state index in [1.165, 1.54) is 4.57 Å². The van der Waals surface area contributed by atoms with Crippen molar-refractivity contribution in [3.8, 4) is 0 Å². The first-order chi connectivity index (χ1) is 14.1. The summed E-state index contributed by atoms with van der Waals surface area (Å²) in [5, 5.41) is 0.477. The van der Waals surface area contributed by atoms with Gasteiger partial charge in [0.2, 0.25) is 5.95 Å². The summed E-state index contributed by atoms with van der Waals surface area (Å²) in [6.07, 6.45) is 1.62.